The summed E-state index contributed by atoms with van der Waals surface area (Å²) in [5.74, 6) is -0.434. The van der Waals surface area contributed by atoms with Crippen LogP contribution in [0.25, 0.3) is 0 Å². The normalized spacial score (nSPS) is 9.79. The first-order valence-corrected chi connectivity index (χ1v) is 5.90. The highest BCUT2D eigenvalue weighted by Crippen LogP contribution is 2.14. The van der Waals surface area contributed by atoms with E-state index < -0.39 is 5.97 Å². The Morgan fingerprint density at radius 2 is 1.63 bits per heavy atom. The molecule has 0 aliphatic heterocycles. The molecule has 1 rings (SSSR count). The van der Waals surface area contributed by atoms with Gasteiger partial charge in [0.2, 0.25) is 0 Å². The van der Waals surface area contributed by atoms with E-state index >= 15 is 0 Å². The smallest absolute Gasteiger partial charge is 0.311 e. The van der Waals surface area contributed by atoms with Gasteiger partial charge in [-0.05, 0) is 24.6 Å². The number of hydrogen-bond donors (Lipinski definition) is 0. The number of esters is 2. The van der Waals surface area contributed by atoms with Crippen molar-refractivity contribution in [2.45, 2.75) is 33.3 Å². The van der Waals surface area contributed by atoms with E-state index in [1.807, 2.05) is 0 Å². The summed E-state index contributed by atoms with van der Waals surface area (Å²) < 4.78 is 9.88. The van der Waals surface area contributed by atoms with Crippen LogP contribution in [0.3, 0.4) is 0 Å². The molecule has 0 aliphatic rings. The van der Waals surface area contributed by atoms with Crippen LogP contribution < -0.4 is 4.74 Å². The fraction of sp³-hybridized carbons (Fsp3) is 0.357. The molecule has 19 heavy (non-hydrogen) atoms. The van der Waals surface area contributed by atoms with Crippen LogP contribution in [0.4, 0.5) is 0 Å². The van der Waals surface area contributed by atoms with Crippen molar-refractivity contribution in [3.63, 3.8) is 0 Å². The lowest BCUT2D eigenvalue weighted by Gasteiger charge is -2.05. The Bertz CT molecular complexity index is 461. The Kier molecular flexibility index (Phi) is 5.73. The molecule has 5 nitrogen and oxygen atoms in total. The summed E-state index contributed by atoms with van der Waals surface area (Å²) in [7, 11) is 0. The van der Waals surface area contributed by atoms with Crippen LogP contribution in [0.15, 0.2) is 24.3 Å². The molecule has 0 N–H and O–H groups in total. The Labute approximate surface area is 111 Å². The maximum Gasteiger partial charge on any atom is 0.311 e. The molecule has 0 aliphatic carbocycles. The van der Waals surface area contributed by atoms with Crippen LogP contribution in [0.2, 0.25) is 0 Å². The number of carbonyl (C=O) groups is 3. The predicted octanol–water partition coefficient (Wildman–Crippen LogP) is 2.02. The number of benzene rings is 1. The molecule has 1 aromatic carbocycles. The average molecular weight is 264 g/mol. The fourth-order valence-electron chi connectivity index (χ4n) is 1.30. The summed E-state index contributed by atoms with van der Waals surface area (Å²) in [6.45, 7) is 2.95. The first-order valence-electron chi connectivity index (χ1n) is 5.90. The molecule has 102 valence electrons. The molecule has 1 aromatic rings. The van der Waals surface area contributed by atoms with Crippen molar-refractivity contribution in [2.24, 2.45) is 0 Å². The van der Waals surface area contributed by atoms with Crippen molar-refractivity contribution in [1.82, 2.24) is 0 Å². The second-order valence-electron chi connectivity index (χ2n) is 4.10. The lowest BCUT2D eigenvalue weighted by molar-refractivity contribution is -0.142. The third-order valence-corrected chi connectivity index (χ3v) is 2.28. The van der Waals surface area contributed by atoms with Gasteiger partial charge >= 0.3 is 11.9 Å². The minimum absolute atomic E-state index is 0.0475. The highest BCUT2D eigenvalue weighted by Gasteiger charge is 2.06. The van der Waals surface area contributed by atoms with Crippen LogP contribution in [0, 0.1) is 0 Å². The van der Waals surface area contributed by atoms with E-state index in [-0.39, 0.29) is 31.2 Å². The first kappa shape index (κ1) is 14.9. The van der Waals surface area contributed by atoms with Gasteiger partial charge in [-0.2, -0.15) is 0 Å². The standard InChI is InChI=1S/C14H16O5/c1-10(15)3-8-14(17)19-13-6-4-12(5-7-13)9-18-11(2)16/h4-7H,3,8-9H2,1-2H3. The average Bonchev–Trinajstić information content (AvgIpc) is 2.35. The topological polar surface area (TPSA) is 69.7 Å². The van der Waals surface area contributed by atoms with E-state index in [4.69, 9.17) is 9.47 Å². The van der Waals surface area contributed by atoms with Gasteiger partial charge in [0.15, 0.2) is 0 Å². The van der Waals surface area contributed by atoms with Gasteiger partial charge in [-0.15, -0.1) is 0 Å². The lowest BCUT2D eigenvalue weighted by atomic mass is 10.2. The molecule has 0 unspecified atom stereocenters. The molecule has 0 amide bonds. The first-order chi connectivity index (χ1) is 8.97. The van der Waals surface area contributed by atoms with Gasteiger partial charge in [-0.3, -0.25) is 9.59 Å². The van der Waals surface area contributed by atoms with Gasteiger partial charge in [0.25, 0.3) is 0 Å². The van der Waals surface area contributed by atoms with E-state index in [1.165, 1.54) is 13.8 Å². The molecule has 0 heterocycles. The molecular formula is C14H16O5. The van der Waals surface area contributed by atoms with E-state index in [0.717, 1.165) is 5.56 Å². The minimum atomic E-state index is -0.442. The van der Waals surface area contributed by atoms with Crippen LogP contribution >= 0.6 is 0 Å². The molecule has 0 bridgehead atoms. The van der Waals surface area contributed by atoms with Gasteiger partial charge in [0.05, 0.1) is 6.42 Å². The largest absolute Gasteiger partial charge is 0.461 e. The maximum absolute atomic E-state index is 11.4. The van der Waals surface area contributed by atoms with E-state index in [9.17, 15) is 14.4 Å². The summed E-state index contributed by atoms with van der Waals surface area (Å²) in [6.07, 6.45) is 0.258. The number of rotatable bonds is 6. The lowest BCUT2D eigenvalue weighted by Crippen LogP contribution is -2.09. The highest BCUT2D eigenvalue weighted by atomic mass is 16.5. The van der Waals surface area contributed by atoms with Crippen LogP contribution in [0.5, 0.6) is 5.75 Å². The zero-order valence-electron chi connectivity index (χ0n) is 11.0. The Hall–Kier alpha value is -2.17. The summed E-state index contributed by atoms with van der Waals surface area (Å²) in [4.78, 5) is 32.7. The fourth-order valence-corrected chi connectivity index (χ4v) is 1.30. The quantitative estimate of drug-likeness (QED) is 0.580. The SMILES string of the molecule is CC(=O)CCC(=O)Oc1ccc(COC(C)=O)cc1. The van der Waals surface area contributed by atoms with E-state index in [1.54, 1.807) is 24.3 Å². The van der Waals surface area contributed by atoms with Gasteiger partial charge in [0.1, 0.15) is 18.1 Å². The number of carbonyl (C=O) groups excluding carboxylic acids is 3. The van der Waals surface area contributed by atoms with Gasteiger partial charge in [0, 0.05) is 13.3 Å². The Balaban J connectivity index is 2.45. The molecule has 0 spiro atoms. The van der Waals surface area contributed by atoms with Crippen molar-refractivity contribution in [2.75, 3.05) is 0 Å². The van der Waals surface area contributed by atoms with Crippen LogP contribution in [-0.4, -0.2) is 17.7 Å². The predicted molar refractivity (Wildman–Crippen MR) is 67.5 cm³/mol. The third-order valence-electron chi connectivity index (χ3n) is 2.28. The van der Waals surface area contributed by atoms with Crippen molar-refractivity contribution in [1.29, 1.82) is 0 Å². The summed E-state index contributed by atoms with van der Waals surface area (Å²) >= 11 is 0. The molecule has 0 radical (unpaired) electrons. The zero-order chi connectivity index (χ0) is 14.3. The van der Waals surface area contributed by atoms with Crippen molar-refractivity contribution >= 4 is 17.7 Å². The third kappa shape index (κ3) is 6.35. The maximum atomic E-state index is 11.4. The molecule has 0 saturated heterocycles. The summed E-state index contributed by atoms with van der Waals surface area (Å²) in [5, 5.41) is 0. The highest BCUT2D eigenvalue weighted by molar-refractivity contribution is 5.81. The molecule has 0 aromatic heterocycles. The molecular weight excluding hydrogens is 248 g/mol. The molecule has 0 atom stereocenters. The molecule has 5 heteroatoms. The Morgan fingerprint density at radius 1 is 1.00 bits per heavy atom. The van der Waals surface area contributed by atoms with Gasteiger partial charge < -0.3 is 14.3 Å². The van der Waals surface area contributed by atoms with E-state index in [2.05, 4.69) is 0 Å². The number of hydrogen-bond acceptors (Lipinski definition) is 5. The van der Waals surface area contributed by atoms with Crippen molar-refractivity contribution in [3.05, 3.63) is 29.8 Å². The van der Waals surface area contributed by atoms with Crippen LogP contribution in [-0.2, 0) is 25.7 Å². The monoisotopic (exact) mass is 264 g/mol. The number of ether oxygens (including phenoxy) is 2. The van der Waals surface area contributed by atoms with Crippen LogP contribution in [0.1, 0.15) is 32.3 Å². The van der Waals surface area contributed by atoms with Gasteiger partial charge in [-0.25, -0.2) is 0 Å². The summed E-state index contributed by atoms with van der Waals surface area (Å²) in [5.41, 5.74) is 0.804. The zero-order valence-corrected chi connectivity index (χ0v) is 11.0. The van der Waals surface area contributed by atoms with Crippen molar-refractivity contribution < 1.29 is 23.9 Å². The van der Waals surface area contributed by atoms with Crippen molar-refractivity contribution in [3.8, 4) is 5.75 Å². The minimum Gasteiger partial charge on any atom is -0.461 e. The van der Waals surface area contributed by atoms with Gasteiger partial charge in [-0.1, -0.05) is 12.1 Å². The molecule has 0 fully saturated rings. The summed E-state index contributed by atoms with van der Waals surface area (Å²) in [6, 6.07) is 6.64. The molecule has 0 saturated carbocycles. The Morgan fingerprint density at radius 3 is 2.16 bits per heavy atom. The number of ketones is 1. The second-order valence-corrected chi connectivity index (χ2v) is 4.10. The van der Waals surface area contributed by atoms with E-state index in [0.29, 0.717) is 5.75 Å². The number of Topliss-reactive ketones (excluding diaryl/α,β-unsaturated/α-hetero) is 1. The second kappa shape index (κ2) is 7.31.